The molecule has 0 radical (unpaired) electrons. The number of hydrogen-bond acceptors (Lipinski definition) is 5. The lowest BCUT2D eigenvalue weighted by Gasteiger charge is -2.09. The molecule has 4 heterocycles. The van der Waals surface area contributed by atoms with Crippen LogP contribution in [-0.4, -0.2) is 44.7 Å². The van der Waals surface area contributed by atoms with Gasteiger partial charge >= 0.3 is 5.69 Å². The Morgan fingerprint density at radius 2 is 1.86 bits per heavy atom. The van der Waals surface area contributed by atoms with E-state index in [4.69, 9.17) is 0 Å². The molecule has 35 heavy (non-hydrogen) atoms. The van der Waals surface area contributed by atoms with Crippen molar-refractivity contribution in [2.45, 2.75) is 6.54 Å². The quantitative estimate of drug-likeness (QED) is 0.367. The van der Waals surface area contributed by atoms with E-state index in [0.29, 0.717) is 34.3 Å². The summed E-state index contributed by atoms with van der Waals surface area (Å²) in [6.07, 6.45) is 3.35. The topological polar surface area (TPSA) is 126 Å². The van der Waals surface area contributed by atoms with E-state index in [0.717, 1.165) is 22.3 Å². The predicted molar refractivity (Wildman–Crippen MR) is 128 cm³/mol. The molecule has 11 heteroatoms. The van der Waals surface area contributed by atoms with Crippen LogP contribution in [0.4, 0.5) is 4.39 Å². The Kier molecular flexibility index (Phi) is 4.00. The number of hydrogen-bond donors (Lipinski definition) is 3. The minimum atomic E-state index is -0.480. The van der Waals surface area contributed by atoms with E-state index in [2.05, 4.69) is 35.3 Å². The molecule has 7 rings (SSSR count). The minimum Gasteiger partial charge on any atom is -0.345 e. The molecule has 0 aliphatic carbocycles. The summed E-state index contributed by atoms with van der Waals surface area (Å²) in [6.45, 7) is 0.506. The summed E-state index contributed by atoms with van der Waals surface area (Å²) < 4.78 is 18.5. The number of nitrogens with one attached hydrogen (secondary N) is 3. The van der Waals surface area contributed by atoms with Crippen LogP contribution in [-0.2, 0) is 6.54 Å². The Morgan fingerprint density at radius 3 is 2.80 bits per heavy atom. The second-order valence-corrected chi connectivity index (χ2v) is 8.26. The van der Waals surface area contributed by atoms with Crippen molar-refractivity contribution in [3.8, 4) is 16.9 Å². The van der Waals surface area contributed by atoms with Crippen LogP contribution >= 0.6 is 0 Å². The number of fused-ring (bicyclic) bond motifs is 3. The summed E-state index contributed by atoms with van der Waals surface area (Å²) in [4.78, 5) is 24.4. The normalized spacial score (nSPS) is 11.8. The first-order chi connectivity index (χ1) is 17.1. The molecule has 0 fully saturated rings. The van der Waals surface area contributed by atoms with Gasteiger partial charge in [-0.3, -0.25) is 4.68 Å². The molecule has 0 unspecified atom stereocenters. The summed E-state index contributed by atoms with van der Waals surface area (Å²) >= 11 is 0. The number of H-pyrrole nitrogens is 3. The Balaban J connectivity index is 1.32. The average Bonchev–Trinajstić information content (AvgIpc) is 3.63. The third-order valence-electron chi connectivity index (χ3n) is 6.08. The maximum atomic E-state index is 15.1. The molecule has 0 atom stereocenters. The van der Waals surface area contributed by atoms with Gasteiger partial charge in [-0.05, 0) is 54.1 Å². The van der Waals surface area contributed by atoms with E-state index in [1.54, 1.807) is 35.4 Å². The van der Waals surface area contributed by atoms with Crippen molar-refractivity contribution in [3.63, 3.8) is 0 Å². The van der Waals surface area contributed by atoms with Gasteiger partial charge in [-0.2, -0.15) is 5.10 Å². The maximum Gasteiger partial charge on any atom is 0.323 e. The summed E-state index contributed by atoms with van der Waals surface area (Å²) in [6, 6.07) is 16.4. The molecule has 170 valence electrons. The van der Waals surface area contributed by atoms with E-state index in [1.165, 1.54) is 6.07 Å². The third kappa shape index (κ3) is 3.13. The zero-order chi connectivity index (χ0) is 23.5. The summed E-state index contributed by atoms with van der Waals surface area (Å²) in [5, 5.41) is 12.7. The first-order valence-corrected chi connectivity index (χ1v) is 10.8. The van der Waals surface area contributed by atoms with Crippen molar-refractivity contribution in [3.05, 3.63) is 89.0 Å². The Hall–Kier alpha value is -5.06. The number of imidazole rings is 2. The van der Waals surface area contributed by atoms with E-state index >= 15 is 4.39 Å². The second kappa shape index (κ2) is 7.22. The van der Waals surface area contributed by atoms with Crippen LogP contribution in [0.2, 0.25) is 0 Å². The van der Waals surface area contributed by atoms with Crippen molar-refractivity contribution >= 4 is 33.1 Å². The molecule has 0 spiro atoms. The molecule has 3 N–H and O–H groups in total. The first kappa shape index (κ1) is 19.4. The van der Waals surface area contributed by atoms with Crippen LogP contribution in [0, 0.1) is 5.82 Å². The van der Waals surface area contributed by atoms with Crippen LogP contribution in [0.25, 0.3) is 50.0 Å². The van der Waals surface area contributed by atoms with Crippen LogP contribution in [0.1, 0.15) is 5.56 Å². The van der Waals surface area contributed by atoms with Crippen LogP contribution in [0.5, 0.6) is 0 Å². The lowest BCUT2D eigenvalue weighted by molar-refractivity contribution is 0.635. The van der Waals surface area contributed by atoms with E-state index in [1.807, 2.05) is 35.0 Å². The van der Waals surface area contributed by atoms with Crippen molar-refractivity contribution in [2.75, 3.05) is 0 Å². The van der Waals surface area contributed by atoms with Gasteiger partial charge < -0.3 is 15.0 Å². The number of aromatic nitrogens is 9. The fourth-order valence-electron chi connectivity index (χ4n) is 4.43. The van der Waals surface area contributed by atoms with Gasteiger partial charge in [-0.15, -0.1) is 5.10 Å². The van der Waals surface area contributed by atoms with Crippen LogP contribution in [0.3, 0.4) is 0 Å². The summed E-state index contributed by atoms with van der Waals surface area (Å²) in [5.74, 6) is -0.480. The predicted octanol–water partition coefficient (Wildman–Crippen LogP) is 3.52. The summed E-state index contributed by atoms with van der Waals surface area (Å²) in [5.41, 5.74) is 6.59. The van der Waals surface area contributed by atoms with E-state index < -0.39 is 5.82 Å². The molecule has 7 aromatic rings. The van der Waals surface area contributed by atoms with Gasteiger partial charge in [0.25, 0.3) is 0 Å². The monoisotopic (exact) mass is 465 g/mol. The minimum absolute atomic E-state index is 0.159. The highest BCUT2D eigenvalue weighted by Crippen LogP contribution is 2.28. The smallest absolute Gasteiger partial charge is 0.323 e. The number of halogens is 1. The van der Waals surface area contributed by atoms with E-state index in [-0.39, 0.29) is 11.2 Å². The zero-order valence-electron chi connectivity index (χ0n) is 18.0. The Labute approximate surface area is 195 Å². The lowest BCUT2D eigenvalue weighted by Crippen LogP contribution is -2.04. The molecule has 0 aliphatic rings. The number of rotatable bonds is 4. The fraction of sp³-hybridized carbons (Fsp3) is 0.0417. The molecule has 0 saturated carbocycles. The average molecular weight is 465 g/mol. The largest absolute Gasteiger partial charge is 0.345 e. The van der Waals surface area contributed by atoms with Gasteiger partial charge in [0.15, 0.2) is 5.82 Å². The van der Waals surface area contributed by atoms with Crippen LogP contribution < -0.4 is 5.69 Å². The molecule has 0 saturated heterocycles. The van der Waals surface area contributed by atoms with Gasteiger partial charge in [0.2, 0.25) is 0 Å². The van der Waals surface area contributed by atoms with Crippen molar-refractivity contribution in [1.82, 2.24) is 44.7 Å². The molecule has 10 nitrogen and oxygen atoms in total. The fourth-order valence-corrected chi connectivity index (χ4v) is 4.43. The SMILES string of the molecule is O=c1[nH]c2ccc(-n3nnc4c(F)cc(-c5ccnn5Cc5ccc6nc[nH]c6c5)cc43)cc2[nH]1. The highest BCUT2D eigenvalue weighted by Gasteiger charge is 2.16. The molecule has 3 aromatic carbocycles. The highest BCUT2D eigenvalue weighted by atomic mass is 19.1. The molecule has 0 bridgehead atoms. The lowest BCUT2D eigenvalue weighted by atomic mass is 10.1. The van der Waals surface area contributed by atoms with Gasteiger partial charge in [0, 0.05) is 11.8 Å². The highest BCUT2D eigenvalue weighted by molar-refractivity contribution is 5.84. The van der Waals surface area contributed by atoms with Gasteiger partial charge in [0.05, 0.1) is 51.8 Å². The third-order valence-corrected chi connectivity index (χ3v) is 6.08. The number of nitrogens with zero attached hydrogens (tertiary/aromatic N) is 6. The van der Waals surface area contributed by atoms with Crippen molar-refractivity contribution in [1.29, 1.82) is 0 Å². The second-order valence-electron chi connectivity index (χ2n) is 8.26. The number of aromatic amines is 3. The Morgan fingerprint density at radius 1 is 0.943 bits per heavy atom. The number of benzene rings is 3. The van der Waals surface area contributed by atoms with E-state index in [9.17, 15) is 4.79 Å². The van der Waals surface area contributed by atoms with Crippen LogP contribution in [0.15, 0.2) is 71.9 Å². The Bertz CT molecular complexity index is 1940. The first-order valence-electron chi connectivity index (χ1n) is 10.8. The summed E-state index contributed by atoms with van der Waals surface area (Å²) in [7, 11) is 0. The van der Waals surface area contributed by atoms with Crippen molar-refractivity contribution < 1.29 is 4.39 Å². The van der Waals surface area contributed by atoms with Crippen molar-refractivity contribution in [2.24, 2.45) is 0 Å². The molecule has 0 aliphatic heterocycles. The van der Waals surface area contributed by atoms with Gasteiger partial charge in [0.1, 0.15) is 5.52 Å². The molecular formula is C24H16FN9O. The molecular weight excluding hydrogens is 449 g/mol. The zero-order valence-corrected chi connectivity index (χ0v) is 18.0. The van der Waals surface area contributed by atoms with Gasteiger partial charge in [-0.1, -0.05) is 11.3 Å². The molecule has 0 amide bonds. The molecule has 4 aromatic heterocycles. The van der Waals surface area contributed by atoms with Gasteiger partial charge in [-0.25, -0.2) is 18.9 Å². The maximum absolute atomic E-state index is 15.1. The standard InChI is InChI=1S/C24H16FN9O/c25-16-8-14(21-5-6-28-33(21)11-13-1-3-17-19(7-13)27-12-26-17)9-22-23(16)31-32-34(22)15-2-4-18-20(10-15)30-24(35)29-18/h1-10,12H,11H2,(H,26,27)(H2,29,30,35).